The standard InChI is InChI=1S/3C18H36O2.ClH2.Mg/c3*1-2-3-4-5-6-7-8-9-10-11-12-13-14-15-16-17-18(19)20;;/h3*2-17H2,1H3,(H,19,20);1H2;/q;;;+1;+2/p-3. The van der Waals surface area contributed by atoms with E-state index >= 15 is 0 Å². The molecule has 0 unspecified atom stereocenters. The number of halogens is 1. The van der Waals surface area contributed by atoms with Gasteiger partial charge in [0.15, 0.2) is 0 Å². The van der Waals surface area contributed by atoms with Crippen molar-refractivity contribution < 1.29 is 42.1 Å². The van der Waals surface area contributed by atoms with Crippen molar-refractivity contribution in [2.75, 3.05) is 0 Å². The largest absolute Gasteiger partial charge is 2.00 e. The summed E-state index contributed by atoms with van der Waals surface area (Å²) in [5, 5.41) is 30.7. The molecule has 0 rings (SSSR count). The second-order valence-corrected chi connectivity index (χ2v) is 18.2. The van der Waals surface area contributed by atoms with Crippen LogP contribution in [0.25, 0.3) is 0 Å². The molecular weight excluding hydrogens is 804 g/mol. The molecule has 6 nitrogen and oxygen atoms in total. The minimum absolute atomic E-state index is 0. The number of hydrogen-bond acceptors (Lipinski definition) is 6. The van der Waals surface area contributed by atoms with Gasteiger partial charge in [-0.1, -0.05) is 290 Å². The topological polar surface area (TPSA) is 120 Å². The summed E-state index contributed by atoms with van der Waals surface area (Å²) < 4.78 is 0. The van der Waals surface area contributed by atoms with Crippen molar-refractivity contribution in [2.24, 2.45) is 0 Å². The minimum Gasteiger partial charge on any atom is -0.550 e. The second-order valence-electron chi connectivity index (χ2n) is 18.2. The van der Waals surface area contributed by atoms with E-state index in [1.165, 1.54) is 250 Å². The number of aliphatic carboxylic acids is 3. The molecule has 62 heavy (non-hydrogen) atoms. The Bertz CT molecular complexity index is 724. The zero-order valence-corrected chi connectivity index (χ0v) is 44.4. The second kappa shape index (κ2) is 67.1. The first-order valence-corrected chi connectivity index (χ1v) is 26.9. The average molecular weight is 912 g/mol. The van der Waals surface area contributed by atoms with E-state index in [-0.39, 0.29) is 54.7 Å². The van der Waals surface area contributed by atoms with Crippen LogP contribution in [0.3, 0.4) is 0 Å². The number of carboxylic acids is 3. The van der Waals surface area contributed by atoms with Gasteiger partial charge in [0.2, 0.25) is 0 Å². The third-order valence-electron chi connectivity index (χ3n) is 12.0. The van der Waals surface area contributed by atoms with Gasteiger partial charge < -0.3 is 29.7 Å². The quantitative estimate of drug-likeness (QED) is 0.0443. The van der Waals surface area contributed by atoms with E-state index in [1.807, 2.05) is 0 Å². The third-order valence-corrected chi connectivity index (χ3v) is 12.0. The summed E-state index contributed by atoms with van der Waals surface area (Å²) in [5.74, 6) is -2.71. The molecule has 8 heteroatoms. The van der Waals surface area contributed by atoms with E-state index in [9.17, 15) is 29.7 Å². The minimum atomic E-state index is -0.903. The molecule has 0 aliphatic rings. The van der Waals surface area contributed by atoms with Gasteiger partial charge in [-0.15, -0.1) is 0 Å². The van der Waals surface area contributed by atoms with Gasteiger partial charge in [-0.3, -0.25) is 0 Å². The SMILES string of the molecule is CCCCCCCCCCCCCCCCCC(=O)[O-].CCCCCCCCCCCCCCCCCC(=O)[O-].CCCCCCCCCCCCCCCCCC(=O)[O-].[ClH2+].[Mg+2]. The van der Waals surface area contributed by atoms with E-state index in [4.69, 9.17) is 0 Å². The number of unbranched alkanes of at least 4 members (excludes halogenated alkanes) is 42. The van der Waals surface area contributed by atoms with Crippen LogP contribution in [0.2, 0.25) is 0 Å². The molecule has 0 fully saturated rings. The van der Waals surface area contributed by atoms with Gasteiger partial charge in [-0.25, -0.2) is 0 Å². The maximum atomic E-state index is 10.2. The number of carbonyl (C=O) groups is 3. The monoisotopic (exact) mass is 911 g/mol. The molecule has 0 aromatic carbocycles. The van der Waals surface area contributed by atoms with Crippen LogP contribution < -0.4 is 15.3 Å². The molecule has 0 aromatic heterocycles. The van der Waals surface area contributed by atoms with Crippen LogP contribution >= 0.6 is 0 Å². The molecule has 0 aromatic rings. The van der Waals surface area contributed by atoms with Crippen LogP contribution in [0.1, 0.15) is 329 Å². The first-order valence-electron chi connectivity index (χ1n) is 26.9. The Hall–Kier alpha value is -0.534. The fourth-order valence-electron chi connectivity index (χ4n) is 7.92. The van der Waals surface area contributed by atoms with Crippen LogP contribution in [-0.4, -0.2) is 41.0 Å². The number of carbonyl (C=O) groups excluding carboxylic acids is 3. The Morgan fingerprint density at radius 3 is 0.419 bits per heavy atom. The zero-order valence-electron chi connectivity index (χ0n) is 42.0. The molecule has 0 N–H and O–H groups in total. The van der Waals surface area contributed by atoms with Gasteiger partial charge in [-0.2, -0.15) is 0 Å². The van der Waals surface area contributed by atoms with E-state index in [0.29, 0.717) is 0 Å². The van der Waals surface area contributed by atoms with Crippen LogP contribution in [0, 0.1) is 12.4 Å². The molecule has 0 radical (unpaired) electrons. The molecule has 0 spiro atoms. The predicted molar refractivity (Wildman–Crippen MR) is 262 cm³/mol. The van der Waals surface area contributed by atoms with Crippen molar-refractivity contribution >= 4 is 41.0 Å². The Labute approximate surface area is 409 Å². The number of hydrogen-bond donors (Lipinski definition) is 0. The first kappa shape index (κ1) is 70.5. The van der Waals surface area contributed by atoms with E-state index in [1.54, 1.807) is 0 Å². The van der Waals surface area contributed by atoms with Crippen LogP contribution in [0.5, 0.6) is 0 Å². The summed E-state index contributed by atoms with van der Waals surface area (Å²) in [6, 6.07) is 0. The Kier molecular flexibility index (Phi) is 76.2. The van der Waals surface area contributed by atoms with Crippen molar-refractivity contribution in [1.82, 2.24) is 0 Å². The number of rotatable bonds is 48. The molecule has 0 aliphatic carbocycles. The molecule has 0 saturated heterocycles. The van der Waals surface area contributed by atoms with Crippen molar-refractivity contribution in [3.05, 3.63) is 0 Å². The maximum Gasteiger partial charge on any atom is 2.00 e. The maximum absolute atomic E-state index is 10.2. The molecule has 0 heterocycles. The molecule has 0 atom stereocenters. The van der Waals surface area contributed by atoms with E-state index in [0.717, 1.165) is 38.5 Å². The fraction of sp³-hybridized carbons (Fsp3) is 0.944. The molecule has 0 bridgehead atoms. The zero-order chi connectivity index (χ0) is 44.7. The molecular formula is C54H107ClMgO6. The molecule has 0 amide bonds. The van der Waals surface area contributed by atoms with Gasteiger partial charge in [0.25, 0.3) is 0 Å². The van der Waals surface area contributed by atoms with Gasteiger partial charge in [-0.05, 0) is 38.5 Å². The Balaban J connectivity index is -0.000000258. The Morgan fingerprint density at radius 1 is 0.226 bits per heavy atom. The summed E-state index contributed by atoms with van der Waals surface area (Å²) in [6.45, 7) is 6.80. The van der Waals surface area contributed by atoms with Gasteiger partial charge in [0, 0.05) is 17.9 Å². The average Bonchev–Trinajstić information content (AvgIpc) is 3.22. The number of carboxylic acid groups (broad SMARTS) is 3. The molecule has 0 aliphatic heterocycles. The predicted octanol–water partition coefficient (Wildman–Crippen LogP) is 14.1. The van der Waals surface area contributed by atoms with Crippen LogP contribution in [0.15, 0.2) is 0 Å². The summed E-state index contributed by atoms with van der Waals surface area (Å²) in [6.07, 6.45) is 59.6. The van der Waals surface area contributed by atoms with E-state index < -0.39 is 17.9 Å². The fourth-order valence-corrected chi connectivity index (χ4v) is 7.92. The summed E-state index contributed by atoms with van der Waals surface area (Å²) >= 11 is 0. The smallest absolute Gasteiger partial charge is 0.550 e. The van der Waals surface area contributed by atoms with Gasteiger partial charge in [0.05, 0.1) is 12.4 Å². The van der Waals surface area contributed by atoms with Crippen molar-refractivity contribution in [3.8, 4) is 0 Å². The molecule has 368 valence electrons. The van der Waals surface area contributed by atoms with Gasteiger partial charge in [0.1, 0.15) is 0 Å². The Morgan fingerprint density at radius 2 is 0.323 bits per heavy atom. The van der Waals surface area contributed by atoms with Crippen molar-refractivity contribution in [2.45, 2.75) is 329 Å². The third kappa shape index (κ3) is 79.8. The molecule has 0 saturated carbocycles. The van der Waals surface area contributed by atoms with Crippen LogP contribution in [0.4, 0.5) is 0 Å². The summed E-state index contributed by atoms with van der Waals surface area (Å²) in [7, 11) is 0. The van der Waals surface area contributed by atoms with Crippen molar-refractivity contribution in [1.29, 1.82) is 0 Å². The van der Waals surface area contributed by atoms with Crippen molar-refractivity contribution in [3.63, 3.8) is 0 Å². The normalized spacial score (nSPS) is 10.5. The van der Waals surface area contributed by atoms with Crippen LogP contribution in [-0.2, 0) is 14.4 Å². The summed E-state index contributed by atoms with van der Waals surface area (Å²) in [4.78, 5) is 30.7. The first-order chi connectivity index (χ1) is 29.3. The van der Waals surface area contributed by atoms with E-state index in [2.05, 4.69) is 20.8 Å². The van der Waals surface area contributed by atoms with Gasteiger partial charge >= 0.3 is 23.1 Å². The summed E-state index contributed by atoms with van der Waals surface area (Å²) in [5.41, 5.74) is 0.